The molecule has 4 aromatic rings. The van der Waals surface area contributed by atoms with Crippen LogP contribution in [0.5, 0.6) is 0 Å². The number of hydrogen-bond acceptors (Lipinski definition) is 5. The minimum absolute atomic E-state index is 0.150. The zero-order chi connectivity index (χ0) is 20.6. The van der Waals surface area contributed by atoms with Crippen molar-refractivity contribution in [1.82, 2.24) is 15.0 Å². The number of aromatic amines is 1. The van der Waals surface area contributed by atoms with E-state index in [1.807, 2.05) is 19.1 Å². The molecule has 0 aliphatic rings. The summed E-state index contributed by atoms with van der Waals surface area (Å²) in [7, 11) is 0. The van der Waals surface area contributed by atoms with Gasteiger partial charge in [0.05, 0.1) is 16.1 Å². The number of benzene rings is 1. The average Bonchev–Trinajstić information content (AvgIpc) is 3.41. The molecule has 0 bridgehead atoms. The van der Waals surface area contributed by atoms with Crippen LogP contribution in [0.4, 0.5) is 18.3 Å². The predicted molar refractivity (Wildman–Crippen MR) is 107 cm³/mol. The molecule has 1 aromatic carbocycles. The molecule has 4 rings (SSSR count). The number of imidazole rings is 1. The number of aromatic nitrogens is 3. The molecule has 0 atom stereocenters. The molecule has 3 heterocycles. The van der Waals surface area contributed by atoms with Gasteiger partial charge >= 0.3 is 6.18 Å². The molecule has 0 saturated carbocycles. The first-order chi connectivity index (χ1) is 13.8. The van der Waals surface area contributed by atoms with Crippen molar-refractivity contribution >= 4 is 33.7 Å². The fourth-order valence-electron chi connectivity index (χ4n) is 2.68. The lowest BCUT2D eigenvalue weighted by Crippen LogP contribution is -2.13. The molecule has 0 spiro atoms. The third kappa shape index (κ3) is 4.08. The molecule has 29 heavy (non-hydrogen) atoms. The number of alkyl halides is 3. The molecule has 148 valence electrons. The highest BCUT2D eigenvalue weighted by Crippen LogP contribution is 2.34. The normalized spacial score (nSPS) is 11.6. The van der Waals surface area contributed by atoms with Gasteiger partial charge in [-0.25, -0.2) is 9.97 Å². The molecule has 0 fully saturated rings. The first-order valence-electron chi connectivity index (χ1n) is 8.36. The Balaban J connectivity index is 1.74. The molecule has 3 aromatic heterocycles. The van der Waals surface area contributed by atoms with E-state index in [4.69, 9.17) is 0 Å². The van der Waals surface area contributed by atoms with Crippen LogP contribution < -0.4 is 5.32 Å². The SMILES string of the molecule is Cc1ccc(-c2[nH]c(-c3ccc(C(F)(F)F)cc3)nc2C(=O)Nc2nccs2)s1. The van der Waals surface area contributed by atoms with Gasteiger partial charge in [-0.3, -0.25) is 10.1 Å². The number of nitrogens with zero attached hydrogens (tertiary/aromatic N) is 2. The number of aryl methyl sites for hydroxylation is 1. The lowest BCUT2D eigenvalue weighted by molar-refractivity contribution is -0.137. The standard InChI is InChI=1S/C19H13F3N4OS2/c1-10-2-7-13(29-10)14-15(17(27)26-18-23-8-9-28-18)25-16(24-14)11-3-5-12(6-4-11)19(20,21)22/h2-9H,1H3,(H,24,25)(H,23,26,27). The zero-order valence-corrected chi connectivity index (χ0v) is 16.5. The van der Waals surface area contributed by atoms with Gasteiger partial charge in [-0.05, 0) is 31.2 Å². The number of nitrogens with one attached hydrogen (secondary N) is 2. The van der Waals surface area contributed by atoms with E-state index in [-0.39, 0.29) is 5.69 Å². The number of anilines is 1. The molecule has 0 aliphatic carbocycles. The van der Waals surface area contributed by atoms with Crippen molar-refractivity contribution in [3.63, 3.8) is 0 Å². The Morgan fingerprint density at radius 3 is 2.48 bits per heavy atom. The summed E-state index contributed by atoms with van der Waals surface area (Å²) >= 11 is 2.76. The number of H-pyrrole nitrogens is 1. The van der Waals surface area contributed by atoms with Crippen LogP contribution >= 0.6 is 22.7 Å². The van der Waals surface area contributed by atoms with Crippen molar-refractivity contribution in [2.24, 2.45) is 0 Å². The molecular weight excluding hydrogens is 421 g/mol. The van der Waals surface area contributed by atoms with E-state index in [1.165, 1.54) is 34.8 Å². The monoisotopic (exact) mass is 434 g/mol. The van der Waals surface area contributed by atoms with E-state index in [1.54, 1.807) is 11.6 Å². The highest BCUT2D eigenvalue weighted by atomic mass is 32.1. The van der Waals surface area contributed by atoms with Crippen molar-refractivity contribution in [1.29, 1.82) is 0 Å². The fraction of sp³-hybridized carbons (Fsp3) is 0.105. The van der Waals surface area contributed by atoms with Gasteiger partial charge in [-0.15, -0.1) is 22.7 Å². The molecule has 5 nitrogen and oxygen atoms in total. The highest BCUT2D eigenvalue weighted by molar-refractivity contribution is 7.15. The third-order valence-corrected chi connectivity index (χ3v) is 5.75. The quantitative estimate of drug-likeness (QED) is 0.424. The second-order valence-electron chi connectivity index (χ2n) is 6.09. The Morgan fingerprint density at radius 1 is 1.14 bits per heavy atom. The summed E-state index contributed by atoms with van der Waals surface area (Å²) in [6.07, 6.45) is -2.85. The van der Waals surface area contributed by atoms with Gasteiger partial charge in [0.25, 0.3) is 5.91 Å². The number of rotatable bonds is 4. The smallest absolute Gasteiger partial charge is 0.337 e. The molecule has 10 heteroatoms. The Labute approximate surface area is 171 Å². The predicted octanol–water partition coefficient (Wildman–Crippen LogP) is 5.84. The van der Waals surface area contributed by atoms with E-state index in [9.17, 15) is 18.0 Å². The van der Waals surface area contributed by atoms with Crippen molar-refractivity contribution in [3.05, 3.63) is 64.1 Å². The Kier molecular flexibility index (Phi) is 4.97. The Bertz CT molecular complexity index is 1150. The summed E-state index contributed by atoms with van der Waals surface area (Å²) in [4.78, 5) is 26.1. The van der Waals surface area contributed by atoms with E-state index >= 15 is 0 Å². The first kappa shape index (κ1) is 19.3. The summed E-state index contributed by atoms with van der Waals surface area (Å²) in [5.74, 6) is -0.139. The first-order valence-corrected chi connectivity index (χ1v) is 10.1. The third-order valence-electron chi connectivity index (χ3n) is 4.04. The van der Waals surface area contributed by atoms with Gasteiger partial charge in [-0.2, -0.15) is 13.2 Å². The van der Waals surface area contributed by atoms with Crippen LogP contribution in [0.3, 0.4) is 0 Å². The number of carbonyl (C=O) groups excluding carboxylic acids is 1. The molecule has 0 saturated heterocycles. The molecule has 0 unspecified atom stereocenters. The minimum Gasteiger partial charge on any atom is -0.337 e. The molecular formula is C19H13F3N4OS2. The van der Waals surface area contributed by atoms with E-state index < -0.39 is 17.6 Å². The summed E-state index contributed by atoms with van der Waals surface area (Å²) in [5.41, 5.74) is 0.355. The topological polar surface area (TPSA) is 70.7 Å². The van der Waals surface area contributed by atoms with Crippen LogP contribution in [-0.4, -0.2) is 20.9 Å². The van der Waals surface area contributed by atoms with Crippen molar-refractivity contribution in [2.75, 3.05) is 5.32 Å². The summed E-state index contributed by atoms with van der Waals surface area (Å²) in [6.45, 7) is 1.94. The number of hydrogen-bond donors (Lipinski definition) is 2. The average molecular weight is 434 g/mol. The van der Waals surface area contributed by atoms with E-state index in [0.717, 1.165) is 21.9 Å². The minimum atomic E-state index is -4.42. The van der Waals surface area contributed by atoms with Gasteiger partial charge in [-0.1, -0.05) is 12.1 Å². The van der Waals surface area contributed by atoms with Crippen LogP contribution in [0.1, 0.15) is 20.9 Å². The van der Waals surface area contributed by atoms with Crippen molar-refractivity contribution in [2.45, 2.75) is 13.1 Å². The Hall–Kier alpha value is -2.98. The number of thiazole rings is 1. The fourth-order valence-corrected chi connectivity index (χ4v) is 4.07. The van der Waals surface area contributed by atoms with E-state index in [0.29, 0.717) is 22.2 Å². The van der Waals surface area contributed by atoms with Crippen molar-refractivity contribution < 1.29 is 18.0 Å². The van der Waals surface area contributed by atoms with Crippen LogP contribution in [0, 0.1) is 6.92 Å². The van der Waals surface area contributed by atoms with Crippen LogP contribution in [0.25, 0.3) is 22.0 Å². The lowest BCUT2D eigenvalue weighted by Gasteiger charge is -2.06. The number of halogens is 3. The number of carbonyl (C=O) groups is 1. The van der Waals surface area contributed by atoms with Crippen LogP contribution in [-0.2, 0) is 6.18 Å². The largest absolute Gasteiger partial charge is 0.416 e. The number of amides is 1. The summed E-state index contributed by atoms with van der Waals surface area (Å²) in [6, 6.07) is 8.41. The van der Waals surface area contributed by atoms with Crippen LogP contribution in [0.15, 0.2) is 48.0 Å². The molecule has 1 amide bonds. The molecule has 2 N–H and O–H groups in total. The summed E-state index contributed by atoms with van der Waals surface area (Å²) < 4.78 is 38.5. The lowest BCUT2D eigenvalue weighted by atomic mass is 10.1. The summed E-state index contributed by atoms with van der Waals surface area (Å²) in [5, 5.41) is 4.86. The maximum Gasteiger partial charge on any atom is 0.416 e. The van der Waals surface area contributed by atoms with E-state index in [2.05, 4.69) is 20.3 Å². The number of thiophene rings is 1. The van der Waals surface area contributed by atoms with Gasteiger partial charge in [0, 0.05) is 22.0 Å². The highest BCUT2D eigenvalue weighted by Gasteiger charge is 2.30. The maximum absolute atomic E-state index is 12.8. The molecule has 0 aliphatic heterocycles. The van der Waals surface area contributed by atoms with Gasteiger partial charge in [0.15, 0.2) is 10.8 Å². The van der Waals surface area contributed by atoms with Gasteiger partial charge in [0.2, 0.25) is 0 Å². The zero-order valence-electron chi connectivity index (χ0n) is 14.9. The van der Waals surface area contributed by atoms with Gasteiger partial charge in [0.1, 0.15) is 5.82 Å². The maximum atomic E-state index is 12.8. The Morgan fingerprint density at radius 2 is 1.90 bits per heavy atom. The second-order valence-corrected chi connectivity index (χ2v) is 8.27. The second kappa shape index (κ2) is 7.45. The molecule has 0 radical (unpaired) electrons. The van der Waals surface area contributed by atoms with Crippen LogP contribution in [0.2, 0.25) is 0 Å². The van der Waals surface area contributed by atoms with Gasteiger partial charge < -0.3 is 4.98 Å². The van der Waals surface area contributed by atoms with Crippen molar-refractivity contribution in [3.8, 4) is 22.0 Å².